The summed E-state index contributed by atoms with van der Waals surface area (Å²) in [5, 5.41) is 2.97. The van der Waals surface area contributed by atoms with Crippen LogP contribution >= 0.6 is 22.9 Å². The number of esters is 1. The lowest BCUT2D eigenvalue weighted by atomic mass is 10.2. The minimum Gasteiger partial charge on any atom is -0.455 e. The topological polar surface area (TPSA) is 65.2 Å². The number of nitrogen functional groups attached to an aromatic ring is 1. The molecule has 0 aliphatic rings. The Morgan fingerprint density at radius 1 is 1.56 bits per heavy atom. The molecule has 0 radical (unpaired) electrons. The van der Waals surface area contributed by atoms with Crippen molar-refractivity contribution in [2.45, 2.75) is 13.5 Å². The van der Waals surface area contributed by atoms with Crippen molar-refractivity contribution in [2.75, 3.05) is 5.73 Å². The summed E-state index contributed by atoms with van der Waals surface area (Å²) in [6.45, 7) is 2.03. The molecule has 0 spiro atoms. The van der Waals surface area contributed by atoms with Gasteiger partial charge in [-0.3, -0.25) is 0 Å². The Balaban J connectivity index is 2.05. The first-order valence-electron chi connectivity index (χ1n) is 5.19. The number of anilines is 1. The van der Waals surface area contributed by atoms with Gasteiger partial charge in [-0.2, -0.15) is 0 Å². The van der Waals surface area contributed by atoms with E-state index in [0.717, 1.165) is 10.7 Å². The number of halogens is 1. The molecule has 0 fully saturated rings. The van der Waals surface area contributed by atoms with E-state index in [1.165, 1.54) is 17.4 Å². The molecule has 0 saturated carbocycles. The molecule has 0 bridgehead atoms. The van der Waals surface area contributed by atoms with Crippen LogP contribution in [-0.2, 0) is 11.3 Å². The van der Waals surface area contributed by atoms with Gasteiger partial charge in [0.2, 0.25) is 0 Å². The number of ether oxygens (including phenoxy) is 1. The second-order valence-corrected chi connectivity index (χ2v) is 5.05. The van der Waals surface area contributed by atoms with Crippen molar-refractivity contribution in [1.82, 2.24) is 4.98 Å². The lowest BCUT2D eigenvalue weighted by Gasteiger charge is -2.05. The molecule has 0 unspecified atom stereocenters. The van der Waals surface area contributed by atoms with Gasteiger partial charge >= 0.3 is 5.97 Å². The van der Waals surface area contributed by atoms with Crippen molar-refractivity contribution >= 4 is 34.6 Å². The number of rotatable bonds is 3. The number of nitrogens with zero attached hydrogens (tertiary/aromatic N) is 1. The molecule has 1 aromatic carbocycles. The van der Waals surface area contributed by atoms with Crippen LogP contribution in [0.5, 0.6) is 0 Å². The smallest absolute Gasteiger partial charge is 0.340 e. The van der Waals surface area contributed by atoms with E-state index >= 15 is 0 Å². The van der Waals surface area contributed by atoms with Crippen molar-refractivity contribution in [3.05, 3.63) is 44.9 Å². The molecule has 1 heterocycles. The molecule has 2 rings (SSSR count). The zero-order valence-electron chi connectivity index (χ0n) is 9.64. The maximum absolute atomic E-state index is 11.8. The highest BCUT2D eigenvalue weighted by atomic mass is 35.5. The summed E-state index contributed by atoms with van der Waals surface area (Å²) >= 11 is 7.36. The molecule has 0 amide bonds. The lowest BCUT2D eigenvalue weighted by Crippen LogP contribution is -2.06. The van der Waals surface area contributed by atoms with Crippen molar-refractivity contribution in [3.8, 4) is 0 Å². The summed E-state index contributed by atoms with van der Waals surface area (Å²) in [5.74, 6) is -0.500. The Morgan fingerprint density at radius 2 is 2.33 bits per heavy atom. The molecule has 0 aliphatic carbocycles. The standard InChI is InChI=1S/C12H11ClN2O2S/c1-7-6-18-11(15-7)5-17-12(16)9-4-8(14)2-3-10(9)13/h2-4,6H,5,14H2,1H3. The van der Waals surface area contributed by atoms with E-state index in [1.54, 1.807) is 12.1 Å². The Bertz CT molecular complexity index is 583. The summed E-state index contributed by atoms with van der Waals surface area (Å²) in [7, 11) is 0. The Kier molecular flexibility index (Phi) is 3.84. The van der Waals surface area contributed by atoms with Crippen LogP contribution in [0, 0.1) is 6.92 Å². The minimum atomic E-state index is -0.500. The van der Waals surface area contributed by atoms with Crippen LogP contribution in [0.25, 0.3) is 0 Å². The summed E-state index contributed by atoms with van der Waals surface area (Å²) in [6, 6.07) is 4.70. The fourth-order valence-electron chi connectivity index (χ4n) is 1.37. The largest absolute Gasteiger partial charge is 0.455 e. The van der Waals surface area contributed by atoms with Gasteiger partial charge in [-0.25, -0.2) is 9.78 Å². The van der Waals surface area contributed by atoms with Crippen molar-refractivity contribution in [1.29, 1.82) is 0 Å². The minimum absolute atomic E-state index is 0.141. The van der Waals surface area contributed by atoms with Crippen molar-refractivity contribution in [2.24, 2.45) is 0 Å². The van der Waals surface area contributed by atoms with Gasteiger partial charge in [-0.15, -0.1) is 11.3 Å². The number of aromatic nitrogens is 1. The monoisotopic (exact) mass is 282 g/mol. The van der Waals surface area contributed by atoms with Crippen LogP contribution in [0.2, 0.25) is 5.02 Å². The Labute approximate surface area is 113 Å². The van der Waals surface area contributed by atoms with E-state index in [4.69, 9.17) is 22.1 Å². The van der Waals surface area contributed by atoms with Gasteiger partial charge in [0.1, 0.15) is 11.6 Å². The molecule has 94 valence electrons. The highest BCUT2D eigenvalue weighted by Gasteiger charge is 2.13. The van der Waals surface area contributed by atoms with Gasteiger partial charge in [0.05, 0.1) is 10.6 Å². The number of carbonyl (C=O) groups is 1. The number of aryl methyl sites for hydroxylation is 1. The molecule has 2 aromatic rings. The average Bonchev–Trinajstić information content (AvgIpc) is 2.75. The van der Waals surface area contributed by atoms with E-state index in [2.05, 4.69) is 4.98 Å². The fourth-order valence-corrected chi connectivity index (χ4v) is 2.25. The molecule has 6 heteroatoms. The van der Waals surface area contributed by atoms with Crippen LogP contribution in [0.4, 0.5) is 5.69 Å². The first-order chi connectivity index (χ1) is 8.56. The SMILES string of the molecule is Cc1csc(COC(=O)c2cc(N)ccc2Cl)n1. The number of nitrogens with two attached hydrogens (primary N) is 1. The molecular formula is C12H11ClN2O2S. The normalized spacial score (nSPS) is 10.3. The van der Waals surface area contributed by atoms with Gasteiger partial charge in [-0.1, -0.05) is 11.6 Å². The molecule has 0 atom stereocenters. The predicted octanol–water partition coefficient (Wildman–Crippen LogP) is 3.04. The summed E-state index contributed by atoms with van der Waals surface area (Å²) in [4.78, 5) is 16.0. The van der Waals surface area contributed by atoms with Gasteiger partial charge < -0.3 is 10.5 Å². The van der Waals surface area contributed by atoms with Gasteiger partial charge in [0, 0.05) is 16.8 Å². The maximum Gasteiger partial charge on any atom is 0.340 e. The van der Waals surface area contributed by atoms with E-state index in [-0.39, 0.29) is 12.2 Å². The first kappa shape index (κ1) is 12.9. The highest BCUT2D eigenvalue weighted by Crippen LogP contribution is 2.20. The number of benzene rings is 1. The fraction of sp³-hybridized carbons (Fsp3) is 0.167. The van der Waals surface area contributed by atoms with Crippen LogP contribution < -0.4 is 5.73 Å². The predicted molar refractivity (Wildman–Crippen MR) is 71.8 cm³/mol. The molecule has 18 heavy (non-hydrogen) atoms. The number of hydrogen-bond donors (Lipinski definition) is 1. The lowest BCUT2D eigenvalue weighted by molar-refractivity contribution is 0.0472. The third-order valence-electron chi connectivity index (χ3n) is 2.20. The highest BCUT2D eigenvalue weighted by molar-refractivity contribution is 7.09. The second-order valence-electron chi connectivity index (χ2n) is 3.70. The molecule has 0 aliphatic heterocycles. The van der Waals surface area contributed by atoms with E-state index in [0.29, 0.717) is 10.7 Å². The van der Waals surface area contributed by atoms with Crippen LogP contribution in [-0.4, -0.2) is 11.0 Å². The molecule has 1 aromatic heterocycles. The number of carbonyl (C=O) groups excluding carboxylic acids is 1. The Hall–Kier alpha value is -1.59. The first-order valence-corrected chi connectivity index (χ1v) is 6.45. The zero-order valence-corrected chi connectivity index (χ0v) is 11.2. The Morgan fingerprint density at radius 3 is 3.00 bits per heavy atom. The van der Waals surface area contributed by atoms with Crippen LogP contribution in [0.15, 0.2) is 23.6 Å². The average molecular weight is 283 g/mol. The molecule has 2 N–H and O–H groups in total. The van der Waals surface area contributed by atoms with Gasteiger partial charge in [-0.05, 0) is 25.1 Å². The van der Waals surface area contributed by atoms with E-state index in [9.17, 15) is 4.79 Å². The molecular weight excluding hydrogens is 272 g/mol. The number of thiazole rings is 1. The van der Waals surface area contributed by atoms with Crippen LogP contribution in [0.1, 0.15) is 21.1 Å². The second kappa shape index (κ2) is 5.37. The molecule has 0 saturated heterocycles. The van der Waals surface area contributed by atoms with Gasteiger partial charge in [0.15, 0.2) is 0 Å². The van der Waals surface area contributed by atoms with Crippen LogP contribution in [0.3, 0.4) is 0 Å². The van der Waals surface area contributed by atoms with Gasteiger partial charge in [0.25, 0.3) is 0 Å². The quantitative estimate of drug-likeness (QED) is 0.694. The van der Waals surface area contributed by atoms with Crippen molar-refractivity contribution < 1.29 is 9.53 Å². The zero-order chi connectivity index (χ0) is 13.1. The van der Waals surface area contributed by atoms with E-state index in [1.807, 2.05) is 12.3 Å². The van der Waals surface area contributed by atoms with E-state index < -0.39 is 5.97 Å². The summed E-state index contributed by atoms with van der Waals surface area (Å²) in [6.07, 6.45) is 0. The summed E-state index contributed by atoms with van der Waals surface area (Å²) < 4.78 is 5.13. The molecule has 4 nitrogen and oxygen atoms in total. The maximum atomic E-state index is 11.8. The third kappa shape index (κ3) is 3.00. The third-order valence-corrected chi connectivity index (χ3v) is 3.47. The number of hydrogen-bond acceptors (Lipinski definition) is 5. The van der Waals surface area contributed by atoms with Crippen molar-refractivity contribution in [3.63, 3.8) is 0 Å². The summed E-state index contributed by atoms with van der Waals surface area (Å²) in [5.41, 5.74) is 7.25.